The fraction of sp³-hybridized carbons (Fsp3) is 0.0286. The van der Waals surface area contributed by atoms with E-state index in [1.54, 1.807) is 0 Å². The Hall–Kier alpha value is -4.82. The topological polar surface area (TPSA) is 24.7 Å². The first-order valence-corrected chi connectivity index (χ1v) is 12.5. The first-order valence-electron chi connectivity index (χ1n) is 12.5. The first-order chi connectivity index (χ1) is 18.3. The van der Waals surface area contributed by atoms with Gasteiger partial charge in [0.2, 0.25) is 0 Å². The van der Waals surface area contributed by atoms with Crippen LogP contribution in [-0.4, -0.2) is 12.4 Å². The van der Waals surface area contributed by atoms with Crippen molar-refractivity contribution in [3.05, 3.63) is 156 Å². The molecule has 6 rings (SSSR count). The van der Waals surface area contributed by atoms with E-state index in [0.717, 1.165) is 28.9 Å². The van der Waals surface area contributed by atoms with Crippen LogP contribution in [0.4, 0.5) is 11.4 Å². The molecule has 0 saturated carbocycles. The quantitative estimate of drug-likeness (QED) is 0.215. The van der Waals surface area contributed by atoms with Gasteiger partial charge in [-0.1, -0.05) is 121 Å². The average Bonchev–Trinajstić information content (AvgIpc) is 2.96. The lowest BCUT2D eigenvalue weighted by atomic mass is 10.0. The molecule has 0 saturated heterocycles. The predicted molar refractivity (Wildman–Crippen MR) is 158 cm³/mol. The smallest absolute Gasteiger partial charge is 0.0665 e. The monoisotopic (exact) mass is 474 g/mol. The number of hydrogen-bond donors (Lipinski definition) is 0. The summed E-state index contributed by atoms with van der Waals surface area (Å²) in [6, 6.07) is 46.2. The van der Waals surface area contributed by atoms with Crippen LogP contribution in [0.2, 0.25) is 0 Å². The molecule has 0 amide bonds. The molecule has 0 aromatic heterocycles. The van der Waals surface area contributed by atoms with Gasteiger partial charge in [-0.25, -0.2) is 0 Å². The molecule has 0 N–H and O–H groups in total. The molecule has 0 bridgehead atoms. The average molecular weight is 475 g/mol. The standard InChI is InChI=1S/C35H26N2/c1-5-19-32-26(11-1)15-9-17-30(32)24-36-34-21-7-3-13-28(34)23-29-14-4-8-22-35(29)37-25-31-18-10-16-27-12-2-6-20-33(27)31/h1-22,24-25H,23H2/b36-24+,37-25+. The molecule has 0 fully saturated rings. The molecule has 0 aliphatic rings. The maximum absolute atomic E-state index is 4.92. The third kappa shape index (κ3) is 4.96. The van der Waals surface area contributed by atoms with Crippen LogP contribution in [-0.2, 0) is 6.42 Å². The van der Waals surface area contributed by atoms with Crippen LogP contribution in [0, 0.1) is 0 Å². The summed E-state index contributed by atoms with van der Waals surface area (Å²) in [5.74, 6) is 0. The van der Waals surface area contributed by atoms with Crippen molar-refractivity contribution in [1.29, 1.82) is 0 Å². The summed E-state index contributed by atoms with van der Waals surface area (Å²) >= 11 is 0. The molecule has 2 nitrogen and oxygen atoms in total. The van der Waals surface area contributed by atoms with Crippen LogP contribution in [0.1, 0.15) is 22.3 Å². The molecule has 2 heteroatoms. The van der Waals surface area contributed by atoms with Crippen LogP contribution in [0.5, 0.6) is 0 Å². The van der Waals surface area contributed by atoms with Crippen molar-refractivity contribution in [3.63, 3.8) is 0 Å². The van der Waals surface area contributed by atoms with Gasteiger partial charge in [-0.05, 0) is 44.8 Å². The lowest BCUT2D eigenvalue weighted by molar-refractivity contribution is 1.18. The fourth-order valence-corrected chi connectivity index (χ4v) is 4.78. The highest BCUT2D eigenvalue weighted by Crippen LogP contribution is 2.28. The highest BCUT2D eigenvalue weighted by molar-refractivity contribution is 6.01. The molecule has 0 unspecified atom stereocenters. The normalized spacial score (nSPS) is 11.7. The van der Waals surface area contributed by atoms with Crippen LogP contribution < -0.4 is 0 Å². The molecular weight excluding hydrogens is 448 g/mol. The highest BCUT2D eigenvalue weighted by atomic mass is 14.7. The van der Waals surface area contributed by atoms with Crippen molar-refractivity contribution in [1.82, 2.24) is 0 Å². The molecule has 6 aromatic carbocycles. The minimum absolute atomic E-state index is 0.756. The van der Waals surface area contributed by atoms with E-state index < -0.39 is 0 Å². The van der Waals surface area contributed by atoms with Gasteiger partial charge in [-0.15, -0.1) is 0 Å². The van der Waals surface area contributed by atoms with Crippen LogP contribution in [0.3, 0.4) is 0 Å². The third-order valence-electron chi connectivity index (χ3n) is 6.70. The molecule has 176 valence electrons. The van der Waals surface area contributed by atoms with E-state index in [9.17, 15) is 0 Å². The minimum Gasteiger partial charge on any atom is -0.256 e. The Morgan fingerprint density at radius 1 is 0.405 bits per heavy atom. The maximum atomic E-state index is 4.92. The van der Waals surface area contributed by atoms with Gasteiger partial charge in [-0.2, -0.15) is 0 Å². The number of aliphatic imine (C=N–C) groups is 2. The number of fused-ring (bicyclic) bond motifs is 2. The van der Waals surface area contributed by atoms with Gasteiger partial charge in [0, 0.05) is 30.0 Å². The van der Waals surface area contributed by atoms with Gasteiger partial charge >= 0.3 is 0 Å². The summed E-state index contributed by atoms with van der Waals surface area (Å²) < 4.78 is 0. The van der Waals surface area contributed by atoms with Crippen LogP contribution in [0.25, 0.3) is 21.5 Å². The van der Waals surface area contributed by atoms with Gasteiger partial charge in [-0.3, -0.25) is 9.98 Å². The van der Waals surface area contributed by atoms with E-state index in [1.807, 2.05) is 24.6 Å². The van der Waals surface area contributed by atoms with Crippen LogP contribution >= 0.6 is 0 Å². The molecule has 0 heterocycles. The SMILES string of the molecule is C(=N\c1ccccc1Cc1ccccc1/N=C/c1cccc2ccccc12)/c1cccc2ccccc12. The third-order valence-corrected chi connectivity index (χ3v) is 6.70. The summed E-state index contributed by atoms with van der Waals surface area (Å²) in [5, 5.41) is 4.86. The lowest BCUT2D eigenvalue weighted by Crippen LogP contribution is -1.91. The predicted octanol–water partition coefficient (Wildman–Crippen LogP) is 9.08. The van der Waals surface area contributed by atoms with Crippen molar-refractivity contribution in [2.45, 2.75) is 6.42 Å². The Bertz CT molecular complexity index is 1620. The number of benzene rings is 6. The zero-order valence-corrected chi connectivity index (χ0v) is 20.5. The second-order valence-electron chi connectivity index (χ2n) is 9.09. The van der Waals surface area contributed by atoms with Gasteiger partial charge in [0.05, 0.1) is 11.4 Å². The fourth-order valence-electron chi connectivity index (χ4n) is 4.78. The Morgan fingerprint density at radius 2 is 0.811 bits per heavy atom. The molecule has 0 spiro atoms. The molecule has 0 aliphatic carbocycles. The number of hydrogen-bond acceptors (Lipinski definition) is 2. The molecule has 0 aliphatic heterocycles. The summed E-state index contributed by atoms with van der Waals surface area (Å²) in [6.45, 7) is 0. The number of nitrogens with zero attached hydrogens (tertiary/aromatic N) is 2. The molecule has 6 aromatic rings. The van der Waals surface area contributed by atoms with Gasteiger partial charge in [0.1, 0.15) is 0 Å². The molecule has 0 radical (unpaired) electrons. The highest BCUT2D eigenvalue weighted by Gasteiger charge is 2.07. The maximum Gasteiger partial charge on any atom is 0.0665 e. The van der Waals surface area contributed by atoms with E-state index in [-0.39, 0.29) is 0 Å². The van der Waals surface area contributed by atoms with Crippen molar-refractivity contribution in [2.75, 3.05) is 0 Å². The van der Waals surface area contributed by atoms with Crippen LogP contribution in [0.15, 0.2) is 143 Å². The van der Waals surface area contributed by atoms with E-state index in [4.69, 9.17) is 9.98 Å². The zero-order chi connectivity index (χ0) is 24.9. The summed E-state index contributed by atoms with van der Waals surface area (Å²) in [5.41, 5.74) is 6.53. The Balaban J connectivity index is 1.30. The summed E-state index contributed by atoms with van der Waals surface area (Å²) in [6.07, 6.45) is 4.71. The van der Waals surface area contributed by atoms with Gasteiger partial charge in [0.15, 0.2) is 0 Å². The van der Waals surface area contributed by atoms with E-state index in [1.165, 1.54) is 32.7 Å². The Morgan fingerprint density at radius 3 is 1.32 bits per heavy atom. The minimum atomic E-state index is 0.756. The summed E-state index contributed by atoms with van der Waals surface area (Å²) in [4.78, 5) is 9.83. The van der Waals surface area contributed by atoms with Crippen molar-refractivity contribution in [3.8, 4) is 0 Å². The Kier molecular flexibility index (Phi) is 6.38. The second-order valence-corrected chi connectivity index (χ2v) is 9.09. The number of rotatable bonds is 6. The molecule has 0 atom stereocenters. The van der Waals surface area contributed by atoms with Crippen molar-refractivity contribution in [2.24, 2.45) is 9.98 Å². The largest absolute Gasteiger partial charge is 0.256 e. The lowest BCUT2D eigenvalue weighted by Gasteiger charge is -2.09. The number of para-hydroxylation sites is 2. The van der Waals surface area contributed by atoms with Gasteiger partial charge in [0.25, 0.3) is 0 Å². The van der Waals surface area contributed by atoms with E-state index in [2.05, 4.69) is 121 Å². The second kappa shape index (κ2) is 10.4. The molecule has 37 heavy (non-hydrogen) atoms. The van der Waals surface area contributed by atoms with Gasteiger partial charge < -0.3 is 0 Å². The van der Waals surface area contributed by atoms with Crippen molar-refractivity contribution >= 4 is 45.3 Å². The molecular formula is C35H26N2. The van der Waals surface area contributed by atoms with Crippen molar-refractivity contribution < 1.29 is 0 Å². The summed E-state index contributed by atoms with van der Waals surface area (Å²) in [7, 11) is 0. The van der Waals surface area contributed by atoms with E-state index >= 15 is 0 Å². The zero-order valence-electron chi connectivity index (χ0n) is 20.5. The van der Waals surface area contributed by atoms with E-state index in [0.29, 0.717) is 0 Å². The first kappa shape index (κ1) is 22.6. The Labute approximate surface area is 217 Å².